The van der Waals surface area contributed by atoms with Crippen molar-refractivity contribution in [2.75, 3.05) is 18.5 Å². The molecule has 3 rings (SSSR count). The molecule has 0 bridgehead atoms. The van der Waals surface area contributed by atoms with Gasteiger partial charge in [-0.3, -0.25) is 0 Å². The third-order valence-corrected chi connectivity index (χ3v) is 3.97. The van der Waals surface area contributed by atoms with Crippen LogP contribution in [0.4, 0.5) is 10.5 Å². The number of hydrogen-bond donors (Lipinski definition) is 2. The molecule has 2 aromatic heterocycles. The summed E-state index contributed by atoms with van der Waals surface area (Å²) in [5.41, 5.74) is 1.15. The maximum Gasteiger partial charge on any atom is 0.319 e. The van der Waals surface area contributed by atoms with Crippen molar-refractivity contribution in [2.24, 2.45) is 0 Å². The summed E-state index contributed by atoms with van der Waals surface area (Å²) in [7, 11) is 0. The summed E-state index contributed by atoms with van der Waals surface area (Å²) in [4.78, 5) is 11.8. The number of aromatic nitrogens is 2. The zero-order valence-corrected chi connectivity index (χ0v) is 14.9. The highest BCUT2D eigenvalue weighted by molar-refractivity contribution is 6.42. The predicted octanol–water partition coefficient (Wildman–Crippen LogP) is 4.24. The van der Waals surface area contributed by atoms with Crippen molar-refractivity contribution in [1.29, 1.82) is 0 Å². The molecular formula is C17H14Cl2N4O3. The first-order valence-corrected chi connectivity index (χ1v) is 8.38. The second-order valence-electron chi connectivity index (χ2n) is 5.09. The van der Waals surface area contributed by atoms with Crippen molar-refractivity contribution in [3.8, 4) is 17.3 Å². The summed E-state index contributed by atoms with van der Waals surface area (Å²) in [6.07, 6.45) is 1.57. The van der Waals surface area contributed by atoms with Gasteiger partial charge in [-0.2, -0.15) is 0 Å². The fourth-order valence-corrected chi connectivity index (χ4v) is 2.32. The summed E-state index contributed by atoms with van der Waals surface area (Å²) in [5, 5.41) is 14.0. The lowest BCUT2D eigenvalue weighted by Gasteiger charge is -2.09. The third kappa shape index (κ3) is 4.87. The van der Waals surface area contributed by atoms with Crippen LogP contribution < -0.4 is 15.4 Å². The molecule has 134 valence electrons. The second kappa shape index (κ2) is 8.55. The maximum absolute atomic E-state index is 11.8. The molecule has 2 N–H and O–H groups in total. The van der Waals surface area contributed by atoms with E-state index in [2.05, 4.69) is 20.8 Å². The summed E-state index contributed by atoms with van der Waals surface area (Å²) >= 11 is 11.7. The van der Waals surface area contributed by atoms with E-state index in [9.17, 15) is 4.79 Å². The summed E-state index contributed by atoms with van der Waals surface area (Å²) < 4.78 is 10.7. The number of nitrogens with zero attached hydrogens (tertiary/aromatic N) is 2. The number of amides is 2. The molecule has 3 aromatic rings. The normalized spacial score (nSPS) is 10.4. The van der Waals surface area contributed by atoms with E-state index in [0.717, 1.165) is 0 Å². The van der Waals surface area contributed by atoms with Gasteiger partial charge >= 0.3 is 6.03 Å². The Hall–Kier alpha value is -2.77. The van der Waals surface area contributed by atoms with Crippen molar-refractivity contribution in [3.05, 3.63) is 58.8 Å². The molecule has 0 saturated heterocycles. The smallest absolute Gasteiger partial charge is 0.319 e. The van der Waals surface area contributed by atoms with E-state index < -0.39 is 0 Å². The number of urea groups is 1. The van der Waals surface area contributed by atoms with Crippen molar-refractivity contribution in [3.63, 3.8) is 0 Å². The fourth-order valence-electron chi connectivity index (χ4n) is 2.02. The zero-order chi connectivity index (χ0) is 18.4. The van der Waals surface area contributed by atoms with Crippen LogP contribution in [0.2, 0.25) is 10.0 Å². The van der Waals surface area contributed by atoms with Gasteiger partial charge in [-0.05, 0) is 36.4 Å². The van der Waals surface area contributed by atoms with Crippen LogP contribution in [0.1, 0.15) is 0 Å². The molecule has 0 unspecified atom stereocenters. The molecule has 0 aliphatic heterocycles. The van der Waals surface area contributed by atoms with Crippen LogP contribution in [0.15, 0.2) is 53.1 Å². The van der Waals surface area contributed by atoms with Gasteiger partial charge in [0.2, 0.25) is 5.88 Å². The number of furan rings is 1. The number of nitrogens with one attached hydrogen (secondary N) is 2. The van der Waals surface area contributed by atoms with Gasteiger partial charge in [0.1, 0.15) is 12.3 Å². The largest absolute Gasteiger partial charge is 0.475 e. The molecule has 9 heteroatoms. The first-order chi connectivity index (χ1) is 12.6. The average molecular weight is 393 g/mol. The van der Waals surface area contributed by atoms with Gasteiger partial charge in [0.15, 0.2) is 5.76 Å². The molecule has 2 heterocycles. The Kier molecular flexibility index (Phi) is 5.93. The minimum Gasteiger partial charge on any atom is -0.475 e. The fraction of sp³-hybridized carbons (Fsp3) is 0.118. The predicted molar refractivity (Wildman–Crippen MR) is 98.7 cm³/mol. The molecule has 0 aliphatic carbocycles. The van der Waals surface area contributed by atoms with Crippen LogP contribution >= 0.6 is 23.2 Å². The van der Waals surface area contributed by atoms with Gasteiger partial charge in [-0.25, -0.2) is 4.79 Å². The van der Waals surface area contributed by atoms with E-state index in [4.69, 9.17) is 32.4 Å². The van der Waals surface area contributed by atoms with E-state index in [0.29, 0.717) is 33.1 Å². The molecular weight excluding hydrogens is 379 g/mol. The maximum atomic E-state index is 11.8. The number of carbonyl (C=O) groups is 1. The molecule has 0 atom stereocenters. The number of halogens is 2. The minimum absolute atomic E-state index is 0.240. The second-order valence-corrected chi connectivity index (χ2v) is 5.91. The zero-order valence-electron chi connectivity index (χ0n) is 13.4. The molecule has 7 nitrogen and oxygen atoms in total. The first kappa shape index (κ1) is 18.0. The van der Waals surface area contributed by atoms with Gasteiger partial charge < -0.3 is 19.8 Å². The van der Waals surface area contributed by atoms with Crippen molar-refractivity contribution in [2.45, 2.75) is 0 Å². The Morgan fingerprint density at radius 1 is 1.12 bits per heavy atom. The van der Waals surface area contributed by atoms with Crippen LogP contribution in [-0.2, 0) is 0 Å². The van der Waals surface area contributed by atoms with E-state index >= 15 is 0 Å². The van der Waals surface area contributed by atoms with Crippen LogP contribution in [0.5, 0.6) is 5.88 Å². The summed E-state index contributed by atoms with van der Waals surface area (Å²) in [6, 6.07) is 11.4. The minimum atomic E-state index is -0.383. The molecule has 1 aromatic carbocycles. The Bertz CT molecular complexity index is 870. The van der Waals surface area contributed by atoms with E-state index in [1.165, 1.54) is 0 Å². The molecule has 2 amide bonds. The number of hydrogen-bond acceptors (Lipinski definition) is 5. The lowest BCUT2D eigenvalue weighted by molar-refractivity contribution is 0.246. The number of anilines is 1. The topological polar surface area (TPSA) is 89.3 Å². The van der Waals surface area contributed by atoms with Crippen molar-refractivity contribution < 1.29 is 13.9 Å². The number of benzene rings is 1. The lowest BCUT2D eigenvalue weighted by Crippen LogP contribution is -2.32. The SMILES string of the molecule is O=C(NCCOc1ccc(-c2ccco2)nn1)Nc1ccc(Cl)c(Cl)c1. The highest BCUT2D eigenvalue weighted by Crippen LogP contribution is 2.24. The van der Waals surface area contributed by atoms with Crippen LogP contribution in [0.25, 0.3) is 11.5 Å². The van der Waals surface area contributed by atoms with Gasteiger partial charge in [0.05, 0.1) is 22.9 Å². The number of carbonyl (C=O) groups excluding carboxylic acids is 1. The highest BCUT2D eigenvalue weighted by atomic mass is 35.5. The quantitative estimate of drug-likeness (QED) is 0.612. The van der Waals surface area contributed by atoms with Gasteiger partial charge in [0, 0.05) is 11.8 Å². The van der Waals surface area contributed by atoms with Crippen molar-refractivity contribution in [1.82, 2.24) is 15.5 Å². The Labute approximate surface area is 159 Å². The Morgan fingerprint density at radius 3 is 2.69 bits per heavy atom. The molecule has 0 fully saturated rings. The average Bonchev–Trinajstić information content (AvgIpc) is 3.17. The van der Waals surface area contributed by atoms with Gasteiger partial charge in [-0.15, -0.1) is 10.2 Å². The Balaban J connectivity index is 1.40. The lowest BCUT2D eigenvalue weighted by atomic mass is 10.3. The molecule has 0 aliphatic rings. The molecule has 0 spiro atoms. The molecule has 0 radical (unpaired) electrons. The van der Waals surface area contributed by atoms with Gasteiger partial charge in [-0.1, -0.05) is 23.2 Å². The van der Waals surface area contributed by atoms with Crippen LogP contribution in [0.3, 0.4) is 0 Å². The molecule has 0 saturated carbocycles. The van der Waals surface area contributed by atoms with E-state index in [-0.39, 0.29) is 19.2 Å². The van der Waals surface area contributed by atoms with Crippen LogP contribution in [0, 0.1) is 0 Å². The van der Waals surface area contributed by atoms with E-state index in [1.54, 1.807) is 48.7 Å². The first-order valence-electron chi connectivity index (χ1n) is 7.62. The van der Waals surface area contributed by atoms with Gasteiger partial charge in [0.25, 0.3) is 0 Å². The van der Waals surface area contributed by atoms with E-state index in [1.807, 2.05) is 0 Å². The monoisotopic (exact) mass is 392 g/mol. The highest BCUT2D eigenvalue weighted by Gasteiger charge is 2.06. The summed E-state index contributed by atoms with van der Waals surface area (Å²) in [6.45, 7) is 0.526. The number of ether oxygens (including phenoxy) is 1. The number of rotatable bonds is 6. The molecule has 26 heavy (non-hydrogen) atoms. The Morgan fingerprint density at radius 2 is 2.00 bits per heavy atom. The standard InChI is InChI=1S/C17H14Cl2N4O3/c18-12-4-3-11(10-13(12)19)21-17(24)20-7-9-26-16-6-5-14(22-23-16)15-2-1-8-25-15/h1-6,8,10H,7,9H2,(H2,20,21,24). The summed E-state index contributed by atoms with van der Waals surface area (Å²) in [5.74, 6) is 0.983. The van der Waals surface area contributed by atoms with Crippen LogP contribution in [-0.4, -0.2) is 29.4 Å². The van der Waals surface area contributed by atoms with Crippen molar-refractivity contribution >= 4 is 34.9 Å². The third-order valence-electron chi connectivity index (χ3n) is 3.23.